The number of ether oxygens (including phenoxy) is 1. The third-order valence-corrected chi connectivity index (χ3v) is 5.14. The number of hydrogen-bond acceptors (Lipinski definition) is 4. The molecule has 0 radical (unpaired) electrons. The zero-order valence-electron chi connectivity index (χ0n) is 15.2. The van der Waals surface area contributed by atoms with Gasteiger partial charge in [-0.25, -0.2) is 4.98 Å². The fourth-order valence-corrected chi connectivity index (χ4v) is 3.85. The second kappa shape index (κ2) is 6.59. The molecule has 1 unspecified atom stereocenters. The van der Waals surface area contributed by atoms with Crippen molar-refractivity contribution in [2.75, 3.05) is 13.1 Å². The van der Waals surface area contributed by atoms with Gasteiger partial charge in [-0.1, -0.05) is 12.1 Å². The summed E-state index contributed by atoms with van der Waals surface area (Å²) in [5, 5.41) is 0. The highest BCUT2D eigenvalue weighted by Crippen LogP contribution is 2.29. The number of nitrogens with one attached hydrogen (secondary N) is 1. The van der Waals surface area contributed by atoms with Gasteiger partial charge in [0.1, 0.15) is 17.7 Å². The number of hydrogen-bond donors (Lipinski definition) is 1. The molecule has 2 aromatic rings. The molecule has 2 aliphatic heterocycles. The molecule has 136 valence electrons. The van der Waals surface area contributed by atoms with E-state index in [1.54, 1.807) is 6.92 Å². The van der Waals surface area contributed by atoms with Crippen molar-refractivity contribution in [3.8, 4) is 5.75 Å². The van der Waals surface area contributed by atoms with Gasteiger partial charge in [-0.15, -0.1) is 0 Å². The van der Waals surface area contributed by atoms with Crippen LogP contribution in [0.15, 0.2) is 23.0 Å². The minimum absolute atomic E-state index is 0.0745. The fourth-order valence-electron chi connectivity index (χ4n) is 3.85. The molecule has 1 aromatic heterocycles. The van der Waals surface area contributed by atoms with Crippen LogP contribution in [-0.4, -0.2) is 40.0 Å². The number of fused-ring (bicyclic) bond motifs is 2. The maximum absolute atomic E-state index is 12.8. The smallest absolute Gasteiger partial charge is 0.254 e. The number of nitrogens with zero attached hydrogens (tertiary/aromatic N) is 2. The second-order valence-corrected chi connectivity index (χ2v) is 7.21. The highest BCUT2D eigenvalue weighted by atomic mass is 16.5. The number of rotatable bonds is 2. The summed E-state index contributed by atoms with van der Waals surface area (Å²) in [5.41, 5.74) is 3.66. The van der Waals surface area contributed by atoms with E-state index in [4.69, 9.17) is 4.74 Å². The van der Waals surface area contributed by atoms with Crippen molar-refractivity contribution in [1.29, 1.82) is 0 Å². The number of benzene rings is 1. The maximum atomic E-state index is 12.8. The first-order valence-electron chi connectivity index (χ1n) is 9.14. The Morgan fingerprint density at radius 2 is 2.15 bits per heavy atom. The molecule has 0 fully saturated rings. The highest BCUT2D eigenvalue weighted by molar-refractivity contribution is 5.79. The van der Waals surface area contributed by atoms with Crippen molar-refractivity contribution in [1.82, 2.24) is 14.9 Å². The van der Waals surface area contributed by atoms with E-state index < -0.39 is 0 Å². The van der Waals surface area contributed by atoms with Gasteiger partial charge in [0.05, 0.1) is 12.1 Å². The Morgan fingerprint density at radius 1 is 1.35 bits per heavy atom. The van der Waals surface area contributed by atoms with Gasteiger partial charge in [-0.3, -0.25) is 9.59 Å². The lowest BCUT2D eigenvalue weighted by atomic mass is 10.0. The van der Waals surface area contributed by atoms with Crippen LogP contribution in [0.1, 0.15) is 35.1 Å². The summed E-state index contributed by atoms with van der Waals surface area (Å²) in [6.45, 7) is 5.00. The summed E-state index contributed by atoms with van der Waals surface area (Å²) in [5.74, 6) is 1.65. The van der Waals surface area contributed by atoms with Crippen molar-refractivity contribution in [2.24, 2.45) is 0 Å². The van der Waals surface area contributed by atoms with Crippen LogP contribution in [0.5, 0.6) is 5.75 Å². The van der Waals surface area contributed by atoms with Crippen molar-refractivity contribution in [3.63, 3.8) is 0 Å². The van der Waals surface area contributed by atoms with Gasteiger partial charge in [-0.2, -0.15) is 0 Å². The van der Waals surface area contributed by atoms with E-state index >= 15 is 0 Å². The molecule has 26 heavy (non-hydrogen) atoms. The van der Waals surface area contributed by atoms with Crippen molar-refractivity contribution in [2.45, 2.75) is 45.6 Å². The maximum Gasteiger partial charge on any atom is 0.254 e. The van der Waals surface area contributed by atoms with Crippen molar-refractivity contribution < 1.29 is 9.53 Å². The fraction of sp³-hybridized carbons (Fsp3) is 0.450. The van der Waals surface area contributed by atoms with Crippen LogP contribution in [0.4, 0.5) is 0 Å². The van der Waals surface area contributed by atoms with Crippen molar-refractivity contribution >= 4 is 5.91 Å². The van der Waals surface area contributed by atoms with E-state index in [1.807, 2.05) is 17.0 Å². The molecule has 3 heterocycles. The van der Waals surface area contributed by atoms with Crippen LogP contribution in [0.2, 0.25) is 0 Å². The first kappa shape index (κ1) is 16.8. The molecule has 6 heteroatoms. The summed E-state index contributed by atoms with van der Waals surface area (Å²) < 4.78 is 5.72. The van der Waals surface area contributed by atoms with Crippen LogP contribution in [0, 0.1) is 6.92 Å². The lowest BCUT2D eigenvalue weighted by Crippen LogP contribution is -2.34. The monoisotopic (exact) mass is 353 g/mol. The highest BCUT2D eigenvalue weighted by Gasteiger charge is 2.23. The SMILES string of the molecule is Cc1nc2c(c(=O)[nH]1)CCN(C(=O)Cc1ccc3c(c1)CC(C)O3)CC2. The Labute approximate surface area is 152 Å². The standard InChI is InChI=1S/C20H23N3O3/c1-12-9-15-10-14(3-4-18(15)26-12)11-19(24)23-7-5-16-17(6-8-23)21-13(2)22-20(16)25/h3-4,10,12H,5-9,11H2,1-2H3,(H,21,22,25). The summed E-state index contributed by atoms with van der Waals surface area (Å²) in [7, 11) is 0. The molecule has 2 aliphatic rings. The zero-order valence-corrected chi connectivity index (χ0v) is 15.2. The van der Waals surface area contributed by atoms with Gasteiger partial charge in [0, 0.05) is 31.5 Å². The molecule has 1 atom stereocenters. The molecule has 0 aliphatic carbocycles. The molecule has 1 N–H and O–H groups in total. The number of aromatic nitrogens is 2. The minimum Gasteiger partial charge on any atom is -0.490 e. The van der Waals surface area contributed by atoms with Crippen LogP contribution in [0.25, 0.3) is 0 Å². The molecular formula is C20H23N3O3. The molecule has 0 bridgehead atoms. The Balaban J connectivity index is 1.46. The number of carbonyl (C=O) groups is 1. The molecule has 0 saturated heterocycles. The van der Waals surface area contributed by atoms with Crippen LogP contribution >= 0.6 is 0 Å². The van der Waals surface area contributed by atoms with Gasteiger partial charge >= 0.3 is 0 Å². The summed E-state index contributed by atoms with van der Waals surface area (Å²) in [4.78, 5) is 34.0. The van der Waals surface area contributed by atoms with Gasteiger partial charge in [0.25, 0.3) is 5.56 Å². The van der Waals surface area contributed by atoms with Gasteiger partial charge in [0.2, 0.25) is 5.91 Å². The van der Waals surface area contributed by atoms with Gasteiger partial charge in [-0.05, 0) is 37.5 Å². The van der Waals surface area contributed by atoms with E-state index in [9.17, 15) is 9.59 Å². The number of carbonyl (C=O) groups excluding carboxylic acids is 1. The Hall–Kier alpha value is -2.63. The lowest BCUT2D eigenvalue weighted by molar-refractivity contribution is -0.130. The van der Waals surface area contributed by atoms with Crippen LogP contribution in [-0.2, 0) is 30.5 Å². The Morgan fingerprint density at radius 3 is 3.00 bits per heavy atom. The molecule has 4 rings (SSSR count). The number of aryl methyl sites for hydroxylation is 1. The Kier molecular flexibility index (Phi) is 4.26. The van der Waals surface area contributed by atoms with E-state index in [0.717, 1.165) is 29.0 Å². The third kappa shape index (κ3) is 3.23. The van der Waals surface area contributed by atoms with E-state index in [1.165, 1.54) is 5.56 Å². The van der Waals surface area contributed by atoms with E-state index in [2.05, 4.69) is 23.0 Å². The quantitative estimate of drug-likeness (QED) is 0.889. The molecule has 0 spiro atoms. The summed E-state index contributed by atoms with van der Waals surface area (Å²) in [6.07, 6.45) is 2.65. The summed E-state index contributed by atoms with van der Waals surface area (Å²) in [6, 6.07) is 6.02. The predicted octanol–water partition coefficient (Wildman–Crippen LogP) is 1.57. The second-order valence-electron chi connectivity index (χ2n) is 7.21. The normalized spacial score (nSPS) is 18.7. The summed E-state index contributed by atoms with van der Waals surface area (Å²) >= 11 is 0. The van der Waals surface area contributed by atoms with E-state index in [-0.39, 0.29) is 17.6 Å². The topological polar surface area (TPSA) is 75.3 Å². The lowest BCUT2D eigenvalue weighted by Gasteiger charge is -2.20. The Bertz CT molecular complexity index is 919. The third-order valence-electron chi connectivity index (χ3n) is 5.14. The molecule has 1 aromatic carbocycles. The molecule has 6 nitrogen and oxygen atoms in total. The number of aromatic amines is 1. The molecule has 0 saturated carbocycles. The van der Waals surface area contributed by atoms with E-state index in [0.29, 0.717) is 38.2 Å². The number of H-pyrrole nitrogens is 1. The average molecular weight is 353 g/mol. The molecular weight excluding hydrogens is 330 g/mol. The van der Waals surface area contributed by atoms with Gasteiger partial charge < -0.3 is 14.6 Å². The first-order chi connectivity index (χ1) is 12.5. The zero-order chi connectivity index (χ0) is 18.3. The minimum atomic E-state index is -0.0745. The van der Waals surface area contributed by atoms with Crippen LogP contribution in [0.3, 0.4) is 0 Å². The first-order valence-corrected chi connectivity index (χ1v) is 9.14. The predicted molar refractivity (Wildman–Crippen MR) is 97.5 cm³/mol. The van der Waals surface area contributed by atoms with Crippen LogP contribution < -0.4 is 10.3 Å². The largest absolute Gasteiger partial charge is 0.490 e. The van der Waals surface area contributed by atoms with Crippen molar-refractivity contribution in [3.05, 3.63) is 56.8 Å². The number of amides is 1. The van der Waals surface area contributed by atoms with Gasteiger partial charge in [0.15, 0.2) is 0 Å². The average Bonchev–Trinajstić information content (AvgIpc) is 2.81. The molecule has 1 amide bonds.